The molecule has 0 aliphatic heterocycles. The van der Waals surface area contributed by atoms with E-state index in [0.29, 0.717) is 22.6 Å². The molecule has 0 radical (unpaired) electrons. The van der Waals surface area contributed by atoms with E-state index in [1.807, 2.05) is 0 Å². The van der Waals surface area contributed by atoms with Crippen molar-refractivity contribution in [3.8, 4) is 0 Å². The minimum Gasteiger partial charge on any atom is -0.348 e. The molecule has 0 atom stereocenters. The van der Waals surface area contributed by atoms with Gasteiger partial charge in [-0.2, -0.15) is 0 Å². The molecule has 0 fully saturated rings. The van der Waals surface area contributed by atoms with Gasteiger partial charge in [0.25, 0.3) is 11.6 Å². The Morgan fingerprint density at radius 1 is 1.42 bits per heavy atom. The van der Waals surface area contributed by atoms with Gasteiger partial charge in [-0.15, -0.1) is 0 Å². The zero-order chi connectivity index (χ0) is 14.0. The number of carbonyl (C=O) groups is 1. The SMILES string of the molecule is Cc1cc(NC(=O)c2nc[nH]c2C)ccc1[N+](=O)[O-]. The largest absolute Gasteiger partial charge is 0.348 e. The first-order valence-electron chi connectivity index (χ1n) is 5.55. The molecule has 7 heteroatoms. The Bertz CT molecular complexity index is 648. The topological polar surface area (TPSA) is 101 Å². The number of rotatable bonds is 3. The Labute approximate surface area is 108 Å². The lowest BCUT2D eigenvalue weighted by molar-refractivity contribution is -0.385. The maximum absolute atomic E-state index is 11.9. The number of carbonyl (C=O) groups excluding carboxylic acids is 1. The first kappa shape index (κ1) is 12.7. The van der Waals surface area contributed by atoms with Crippen LogP contribution in [0.15, 0.2) is 24.5 Å². The van der Waals surface area contributed by atoms with Crippen molar-refractivity contribution in [3.63, 3.8) is 0 Å². The van der Waals surface area contributed by atoms with Gasteiger partial charge in [0, 0.05) is 23.0 Å². The third-order valence-electron chi connectivity index (χ3n) is 2.70. The summed E-state index contributed by atoms with van der Waals surface area (Å²) in [4.78, 5) is 28.8. The summed E-state index contributed by atoms with van der Waals surface area (Å²) < 4.78 is 0. The second-order valence-electron chi connectivity index (χ2n) is 4.09. The van der Waals surface area contributed by atoms with Crippen LogP contribution in [0.1, 0.15) is 21.7 Å². The molecule has 0 saturated heterocycles. The van der Waals surface area contributed by atoms with Crippen LogP contribution in [-0.2, 0) is 0 Å². The van der Waals surface area contributed by atoms with Crippen LogP contribution in [0, 0.1) is 24.0 Å². The monoisotopic (exact) mass is 260 g/mol. The highest BCUT2D eigenvalue weighted by atomic mass is 16.6. The van der Waals surface area contributed by atoms with Gasteiger partial charge in [0.05, 0.1) is 11.3 Å². The Morgan fingerprint density at radius 3 is 2.68 bits per heavy atom. The van der Waals surface area contributed by atoms with Crippen LogP contribution in [0.25, 0.3) is 0 Å². The van der Waals surface area contributed by atoms with Crippen molar-refractivity contribution >= 4 is 17.3 Å². The standard InChI is InChI=1S/C12H12N4O3/c1-7-5-9(3-4-10(7)16(18)19)15-12(17)11-8(2)13-6-14-11/h3-6H,1-2H3,(H,13,14)(H,15,17). The van der Waals surface area contributed by atoms with Crippen LogP contribution in [0.2, 0.25) is 0 Å². The van der Waals surface area contributed by atoms with E-state index in [-0.39, 0.29) is 11.6 Å². The molecule has 0 aliphatic carbocycles. The van der Waals surface area contributed by atoms with E-state index in [0.717, 1.165) is 0 Å². The maximum atomic E-state index is 11.9. The van der Waals surface area contributed by atoms with E-state index in [2.05, 4.69) is 15.3 Å². The molecule has 0 unspecified atom stereocenters. The zero-order valence-electron chi connectivity index (χ0n) is 10.4. The first-order valence-corrected chi connectivity index (χ1v) is 5.55. The molecule has 2 rings (SSSR count). The Morgan fingerprint density at radius 2 is 2.16 bits per heavy atom. The van der Waals surface area contributed by atoms with E-state index >= 15 is 0 Å². The number of nitrogens with zero attached hydrogens (tertiary/aromatic N) is 2. The van der Waals surface area contributed by atoms with E-state index in [4.69, 9.17) is 0 Å². The molecule has 98 valence electrons. The number of H-pyrrole nitrogens is 1. The van der Waals surface area contributed by atoms with Crippen molar-refractivity contribution in [3.05, 3.63) is 51.6 Å². The number of hydrogen-bond acceptors (Lipinski definition) is 4. The smallest absolute Gasteiger partial charge is 0.276 e. The number of aromatic nitrogens is 2. The normalized spacial score (nSPS) is 10.2. The second kappa shape index (κ2) is 4.89. The summed E-state index contributed by atoms with van der Waals surface area (Å²) in [6.45, 7) is 3.36. The zero-order valence-corrected chi connectivity index (χ0v) is 10.4. The lowest BCUT2D eigenvalue weighted by atomic mass is 10.2. The predicted octanol–water partition coefficient (Wildman–Crippen LogP) is 2.19. The van der Waals surface area contributed by atoms with Crippen LogP contribution in [0.4, 0.5) is 11.4 Å². The van der Waals surface area contributed by atoms with Crippen LogP contribution in [0.5, 0.6) is 0 Å². The second-order valence-corrected chi connectivity index (χ2v) is 4.09. The number of nitrogens with one attached hydrogen (secondary N) is 2. The molecule has 1 heterocycles. The summed E-state index contributed by atoms with van der Waals surface area (Å²) in [7, 11) is 0. The average Bonchev–Trinajstić information content (AvgIpc) is 2.75. The van der Waals surface area contributed by atoms with Gasteiger partial charge in [0.1, 0.15) is 5.69 Å². The number of imidazole rings is 1. The van der Waals surface area contributed by atoms with Gasteiger partial charge in [-0.3, -0.25) is 14.9 Å². The van der Waals surface area contributed by atoms with Gasteiger partial charge < -0.3 is 10.3 Å². The molecule has 1 amide bonds. The lowest BCUT2D eigenvalue weighted by Gasteiger charge is -2.05. The van der Waals surface area contributed by atoms with Crippen molar-refractivity contribution < 1.29 is 9.72 Å². The number of hydrogen-bond donors (Lipinski definition) is 2. The summed E-state index contributed by atoms with van der Waals surface area (Å²) >= 11 is 0. The minimum atomic E-state index is -0.460. The van der Waals surface area contributed by atoms with E-state index < -0.39 is 4.92 Å². The Balaban J connectivity index is 2.21. The highest BCUT2D eigenvalue weighted by molar-refractivity contribution is 6.03. The molecule has 1 aromatic carbocycles. The van der Waals surface area contributed by atoms with Gasteiger partial charge >= 0.3 is 0 Å². The summed E-state index contributed by atoms with van der Waals surface area (Å²) in [6, 6.07) is 4.41. The third kappa shape index (κ3) is 2.59. The van der Waals surface area contributed by atoms with Crippen molar-refractivity contribution in [2.45, 2.75) is 13.8 Å². The van der Waals surface area contributed by atoms with Crippen molar-refractivity contribution in [2.24, 2.45) is 0 Å². The predicted molar refractivity (Wildman–Crippen MR) is 69.1 cm³/mol. The maximum Gasteiger partial charge on any atom is 0.276 e. The lowest BCUT2D eigenvalue weighted by Crippen LogP contribution is -2.13. The molecule has 1 aromatic heterocycles. The molecule has 0 aliphatic rings. The van der Waals surface area contributed by atoms with Crippen LogP contribution in [0.3, 0.4) is 0 Å². The number of nitro groups is 1. The molecule has 19 heavy (non-hydrogen) atoms. The molecule has 0 spiro atoms. The summed E-state index contributed by atoms with van der Waals surface area (Å²) in [5.74, 6) is -0.355. The fourth-order valence-electron chi connectivity index (χ4n) is 1.72. The van der Waals surface area contributed by atoms with E-state index in [1.54, 1.807) is 19.9 Å². The Kier molecular flexibility index (Phi) is 3.28. The van der Waals surface area contributed by atoms with Gasteiger partial charge in [0.2, 0.25) is 0 Å². The van der Waals surface area contributed by atoms with Crippen LogP contribution in [-0.4, -0.2) is 20.8 Å². The van der Waals surface area contributed by atoms with Crippen LogP contribution < -0.4 is 5.32 Å². The first-order chi connectivity index (χ1) is 8.99. The number of anilines is 1. The van der Waals surface area contributed by atoms with Gasteiger partial charge in [-0.1, -0.05) is 0 Å². The third-order valence-corrected chi connectivity index (χ3v) is 2.70. The molecule has 2 N–H and O–H groups in total. The van der Waals surface area contributed by atoms with Gasteiger partial charge in [0.15, 0.2) is 0 Å². The molecular weight excluding hydrogens is 248 g/mol. The fourth-order valence-corrected chi connectivity index (χ4v) is 1.72. The fraction of sp³-hybridized carbons (Fsp3) is 0.167. The molecule has 2 aromatic rings. The summed E-state index contributed by atoms with van der Waals surface area (Å²) in [6.07, 6.45) is 1.44. The van der Waals surface area contributed by atoms with Gasteiger partial charge in [-0.25, -0.2) is 4.98 Å². The van der Waals surface area contributed by atoms with Gasteiger partial charge in [-0.05, 0) is 26.0 Å². The molecule has 7 nitrogen and oxygen atoms in total. The number of nitro benzene ring substituents is 1. The average molecular weight is 260 g/mol. The summed E-state index contributed by atoms with van der Waals surface area (Å²) in [5, 5.41) is 13.3. The minimum absolute atomic E-state index is 0.0222. The molecule has 0 bridgehead atoms. The molecule has 0 saturated carbocycles. The number of aromatic amines is 1. The number of amides is 1. The van der Waals surface area contributed by atoms with Crippen LogP contribution >= 0.6 is 0 Å². The van der Waals surface area contributed by atoms with Crippen molar-refractivity contribution in [2.75, 3.05) is 5.32 Å². The highest BCUT2D eigenvalue weighted by Crippen LogP contribution is 2.21. The van der Waals surface area contributed by atoms with Crippen molar-refractivity contribution in [1.82, 2.24) is 9.97 Å². The van der Waals surface area contributed by atoms with E-state index in [1.165, 1.54) is 18.5 Å². The van der Waals surface area contributed by atoms with Crippen molar-refractivity contribution in [1.29, 1.82) is 0 Å². The number of benzene rings is 1. The Hall–Kier alpha value is -2.70. The van der Waals surface area contributed by atoms with E-state index in [9.17, 15) is 14.9 Å². The highest BCUT2D eigenvalue weighted by Gasteiger charge is 2.14. The summed E-state index contributed by atoms with van der Waals surface area (Å²) in [5.41, 5.74) is 1.97. The quantitative estimate of drug-likeness (QED) is 0.652. The molecular formula is C12H12N4O3. The number of aryl methyl sites for hydroxylation is 2.